The molecule has 8 nitrogen and oxygen atoms in total. The zero-order valence-electron chi connectivity index (χ0n) is 21.9. The standard InChI is InChI=1S/C28H39N5O3/c1-5-32(6-2)15-14-29-27(34)20-10-13-26(30-18-20)33-22-11-12-23(33)17-21(16-22)31-28(35)24-8-7-9-25(36-4)19(24)3/h7-10,13,18,21-23H,5-6,11-12,14-17H2,1-4H3,(H,29,34)(H,31,35)/t21-,22+,23-. The Kier molecular flexibility index (Phi) is 8.46. The van der Waals surface area contributed by atoms with Gasteiger partial charge in [-0.25, -0.2) is 4.98 Å². The molecule has 0 saturated carbocycles. The van der Waals surface area contributed by atoms with Gasteiger partial charge in [0.05, 0.1) is 12.7 Å². The first-order valence-electron chi connectivity index (χ1n) is 13.1. The third kappa shape index (κ3) is 5.64. The Bertz CT molecular complexity index is 1040. The predicted molar refractivity (Wildman–Crippen MR) is 142 cm³/mol. The van der Waals surface area contributed by atoms with E-state index >= 15 is 0 Å². The molecule has 1 aromatic heterocycles. The summed E-state index contributed by atoms with van der Waals surface area (Å²) in [5.74, 6) is 1.51. The monoisotopic (exact) mass is 493 g/mol. The Morgan fingerprint density at radius 3 is 2.42 bits per heavy atom. The van der Waals surface area contributed by atoms with E-state index in [-0.39, 0.29) is 17.9 Å². The summed E-state index contributed by atoms with van der Waals surface area (Å²) in [6, 6.07) is 10.2. The number of amides is 2. The lowest BCUT2D eigenvalue weighted by Gasteiger charge is -2.40. The number of benzene rings is 1. The van der Waals surface area contributed by atoms with Crippen LogP contribution in [0.3, 0.4) is 0 Å². The van der Waals surface area contributed by atoms with Gasteiger partial charge in [0, 0.05) is 48.5 Å². The van der Waals surface area contributed by atoms with E-state index < -0.39 is 0 Å². The van der Waals surface area contributed by atoms with Crippen molar-refractivity contribution in [1.82, 2.24) is 20.5 Å². The summed E-state index contributed by atoms with van der Waals surface area (Å²) in [6.45, 7) is 9.59. The fraction of sp³-hybridized carbons (Fsp3) is 0.536. The fourth-order valence-corrected chi connectivity index (χ4v) is 5.66. The summed E-state index contributed by atoms with van der Waals surface area (Å²) in [5, 5.41) is 6.26. The molecule has 3 heterocycles. The lowest BCUT2D eigenvalue weighted by atomic mass is 9.96. The number of nitrogens with zero attached hydrogens (tertiary/aromatic N) is 3. The van der Waals surface area contributed by atoms with Gasteiger partial charge in [-0.2, -0.15) is 0 Å². The molecule has 36 heavy (non-hydrogen) atoms. The molecule has 2 saturated heterocycles. The van der Waals surface area contributed by atoms with Gasteiger partial charge in [-0.05, 0) is 70.0 Å². The molecular formula is C28H39N5O3. The number of ether oxygens (including phenoxy) is 1. The topological polar surface area (TPSA) is 86.8 Å². The predicted octanol–water partition coefficient (Wildman–Crippen LogP) is 3.40. The zero-order chi connectivity index (χ0) is 25.7. The van der Waals surface area contributed by atoms with Crippen LogP contribution >= 0.6 is 0 Å². The number of hydrogen-bond donors (Lipinski definition) is 2. The molecule has 0 radical (unpaired) electrons. The van der Waals surface area contributed by atoms with Crippen molar-refractivity contribution < 1.29 is 14.3 Å². The van der Waals surface area contributed by atoms with Crippen molar-refractivity contribution in [3.63, 3.8) is 0 Å². The van der Waals surface area contributed by atoms with Crippen molar-refractivity contribution in [2.45, 2.75) is 64.6 Å². The summed E-state index contributed by atoms with van der Waals surface area (Å²) < 4.78 is 5.37. The number of piperidine rings is 1. The maximum Gasteiger partial charge on any atom is 0.252 e. The van der Waals surface area contributed by atoms with Crippen molar-refractivity contribution >= 4 is 17.6 Å². The van der Waals surface area contributed by atoms with E-state index in [0.717, 1.165) is 62.4 Å². The van der Waals surface area contributed by atoms with Crippen molar-refractivity contribution in [2.75, 3.05) is 38.2 Å². The molecule has 0 aliphatic carbocycles. The number of carbonyl (C=O) groups is 2. The average molecular weight is 494 g/mol. The van der Waals surface area contributed by atoms with E-state index in [4.69, 9.17) is 4.74 Å². The van der Waals surface area contributed by atoms with Crippen LogP contribution in [0.25, 0.3) is 0 Å². The van der Waals surface area contributed by atoms with E-state index in [1.807, 2.05) is 37.3 Å². The van der Waals surface area contributed by atoms with Crippen molar-refractivity contribution in [1.29, 1.82) is 0 Å². The number of hydrogen-bond acceptors (Lipinski definition) is 6. The first-order valence-corrected chi connectivity index (χ1v) is 13.1. The number of anilines is 1. The molecule has 2 bridgehead atoms. The number of rotatable bonds is 10. The highest BCUT2D eigenvalue weighted by Crippen LogP contribution is 2.38. The van der Waals surface area contributed by atoms with Gasteiger partial charge in [0.25, 0.3) is 11.8 Å². The first-order chi connectivity index (χ1) is 17.4. The van der Waals surface area contributed by atoms with Gasteiger partial charge in [0.2, 0.25) is 0 Å². The Hall–Kier alpha value is -3.13. The van der Waals surface area contributed by atoms with Crippen molar-refractivity contribution in [3.8, 4) is 5.75 Å². The molecule has 194 valence electrons. The van der Waals surface area contributed by atoms with Crippen molar-refractivity contribution in [2.24, 2.45) is 0 Å². The summed E-state index contributed by atoms with van der Waals surface area (Å²) in [6.07, 6.45) is 5.64. The third-order valence-electron chi connectivity index (χ3n) is 7.70. The molecule has 0 unspecified atom stereocenters. The Morgan fingerprint density at radius 2 is 1.81 bits per heavy atom. The zero-order valence-corrected chi connectivity index (χ0v) is 21.9. The Labute approximate surface area is 214 Å². The molecule has 3 atom stereocenters. The van der Waals surface area contributed by atoms with E-state index in [1.165, 1.54) is 0 Å². The molecule has 2 fully saturated rings. The summed E-state index contributed by atoms with van der Waals surface area (Å²) in [4.78, 5) is 34.9. The number of methoxy groups -OCH3 is 1. The molecular weight excluding hydrogens is 454 g/mol. The molecule has 1 aromatic carbocycles. The highest BCUT2D eigenvalue weighted by atomic mass is 16.5. The van der Waals surface area contributed by atoms with E-state index in [1.54, 1.807) is 13.3 Å². The Morgan fingerprint density at radius 1 is 1.08 bits per heavy atom. The number of likely N-dealkylation sites (N-methyl/N-ethyl adjacent to an activating group) is 1. The van der Waals surface area contributed by atoms with Crippen LogP contribution in [-0.2, 0) is 0 Å². The SMILES string of the molecule is CCN(CC)CCNC(=O)c1ccc(N2[C@@H]3CC[C@H]2C[C@@H](NC(=O)c2cccc(OC)c2C)C3)nc1. The maximum absolute atomic E-state index is 13.0. The maximum atomic E-state index is 13.0. The molecule has 2 aliphatic rings. The number of nitrogens with one attached hydrogen (secondary N) is 2. The lowest BCUT2D eigenvalue weighted by molar-refractivity contribution is 0.0923. The van der Waals surface area contributed by atoms with Crippen LogP contribution in [-0.4, -0.2) is 73.1 Å². The van der Waals surface area contributed by atoms with Crippen LogP contribution < -0.4 is 20.3 Å². The second-order valence-electron chi connectivity index (χ2n) is 9.75. The van der Waals surface area contributed by atoms with Gasteiger partial charge < -0.3 is 25.2 Å². The second-order valence-corrected chi connectivity index (χ2v) is 9.75. The quantitative estimate of drug-likeness (QED) is 0.528. The Balaban J connectivity index is 1.34. The molecule has 2 aliphatic heterocycles. The average Bonchev–Trinajstić information content (AvgIpc) is 3.16. The van der Waals surface area contributed by atoms with Gasteiger partial charge in [0.1, 0.15) is 11.6 Å². The fourth-order valence-electron chi connectivity index (χ4n) is 5.66. The van der Waals surface area contributed by atoms with E-state index in [2.05, 4.69) is 39.3 Å². The van der Waals surface area contributed by atoms with Crippen molar-refractivity contribution in [3.05, 3.63) is 53.2 Å². The van der Waals surface area contributed by atoms with E-state index in [9.17, 15) is 9.59 Å². The number of aromatic nitrogens is 1. The van der Waals surface area contributed by atoms with Crippen LogP contribution in [0.5, 0.6) is 5.75 Å². The number of carbonyl (C=O) groups excluding carboxylic acids is 2. The molecule has 2 N–H and O–H groups in total. The van der Waals surface area contributed by atoms with Crippen LogP contribution in [0.4, 0.5) is 5.82 Å². The molecule has 4 rings (SSSR count). The molecule has 0 spiro atoms. The van der Waals surface area contributed by atoms with Crippen LogP contribution in [0.2, 0.25) is 0 Å². The number of fused-ring (bicyclic) bond motifs is 2. The highest BCUT2D eigenvalue weighted by Gasteiger charge is 2.42. The lowest BCUT2D eigenvalue weighted by Crippen LogP contribution is -2.50. The second kappa shape index (κ2) is 11.7. The van der Waals surface area contributed by atoms with Gasteiger partial charge in [-0.1, -0.05) is 19.9 Å². The number of pyridine rings is 1. The largest absolute Gasteiger partial charge is 0.496 e. The molecule has 8 heteroatoms. The van der Waals surface area contributed by atoms with E-state index in [0.29, 0.717) is 29.8 Å². The van der Waals surface area contributed by atoms with Gasteiger partial charge in [-0.15, -0.1) is 0 Å². The third-order valence-corrected chi connectivity index (χ3v) is 7.70. The molecule has 2 amide bonds. The smallest absolute Gasteiger partial charge is 0.252 e. The normalized spacial score (nSPS) is 20.9. The highest BCUT2D eigenvalue weighted by molar-refractivity contribution is 5.96. The minimum absolute atomic E-state index is 0.0428. The van der Waals surface area contributed by atoms with Gasteiger partial charge >= 0.3 is 0 Å². The van der Waals surface area contributed by atoms with Crippen LogP contribution in [0.15, 0.2) is 36.5 Å². The summed E-state index contributed by atoms with van der Waals surface area (Å²) >= 11 is 0. The van der Waals surface area contributed by atoms with Crippen LogP contribution in [0, 0.1) is 6.92 Å². The summed E-state index contributed by atoms with van der Waals surface area (Å²) in [7, 11) is 1.62. The molecule has 2 aromatic rings. The van der Waals surface area contributed by atoms with Crippen LogP contribution in [0.1, 0.15) is 65.8 Å². The first kappa shape index (κ1) is 25.9. The summed E-state index contributed by atoms with van der Waals surface area (Å²) in [5.41, 5.74) is 2.11. The minimum atomic E-state index is -0.0848. The van der Waals surface area contributed by atoms with Gasteiger partial charge in [0.15, 0.2) is 0 Å². The van der Waals surface area contributed by atoms with Gasteiger partial charge in [-0.3, -0.25) is 9.59 Å². The minimum Gasteiger partial charge on any atom is -0.496 e.